The van der Waals surface area contributed by atoms with Gasteiger partial charge in [0.15, 0.2) is 0 Å². The number of nitrogens with one attached hydrogen (secondary N) is 1. The summed E-state index contributed by atoms with van der Waals surface area (Å²) in [5.41, 5.74) is 1.11. The van der Waals surface area contributed by atoms with Crippen molar-refractivity contribution >= 4 is 32.3 Å². The van der Waals surface area contributed by atoms with Crippen molar-refractivity contribution in [3.8, 4) is 11.5 Å². The fourth-order valence-electron chi connectivity index (χ4n) is 2.27. The molecule has 3 aromatic rings. The Morgan fingerprint density at radius 1 is 0.870 bits per heavy atom. The standard InChI is InChI=1S/C16H13NO5S/c18-15-4-2-1-3-14(15)17-11-6-5-10-7-12(23(20,21)22)9-16(19)13(10)8-11/h1-9,17-19H,(H,20,21,22). The largest absolute Gasteiger partial charge is 0.507 e. The van der Waals surface area contributed by atoms with Gasteiger partial charge in [-0.1, -0.05) is 18.2 Å². The molecule has 3 rings (SSSR count). The first-order valence-electron chi connectivity index (χ1n) is 6.64. The molecule has 0 heterocycles. The first-order valence-corrected chi connectivity index (χ1v) is 8.08. The summed E-state index contributed by atoms with van der Waals surface area (Å²) < 4.78 is 31.4. The summed E-state index contributed by atoms with van der Waals surface area (Å²) in [5, 5.41) is 23.6. The molecule has 0 radical (unpaired) electrons. The van der Waals surface area contributed by atoms with Crippen LogP contribution in [0.1, 0.15) is 0 Å². The van der Waals surface area contributed by atoms with Crippen LogP contribution in [0.3, 0.4) is 0 Å². The van der Waals surface area contributed by atoms with Gasteiger partial charge in [-0.3, -0.25) is 4.55 Å². The van der Waals surface area contributed by atoms with Crippen LogP contribution in [0.4, 0.5) is 11.4 Å². The van der Waals surface area contributed by atoms with Gasteiger partial charge in [-0.15, -0.1) is 0 Å². The quantitative estimate of drug-likeness (QED) is 0.433. The lowest BCUT2D eigenvalue weighted by atomic mass is 10.1. The van der Waals surface area contributed by atoms with Crippen molar-refractivity contribution in [3.05, 3.63) is 54.6 Å². The van der Waals surface area contributed by atoms with Crippen LogP contribution >= 0.6 is 0 Å². The predicted molar refractivity (Wildman–Crippen MR) is 86.8 cm³/mol. The number of aromatic hydroxyl groups is 2. The predicted octanol–water partition coefficient (Wildman–Crippen LogP) is 3.24. The van der Waals surface area contributed by atoms with Crippen molar-refractivity contribution in [2.45, 2.75) is 4.90 Å². The summed E-state index contributed by atoms with van der Waals surface area (Å²) >= 11 is 0. The van der Waals surface area contributed by atoms with Gasteiger partial charge in [0, 0.05) is 17.1 Å². The summed E-state index contributed by atoms with van der Waals surface area (Å²) in [6, 6.07) is 13.8. The lowest BCUT2D eigenvalue weighted by molar-refractivity contribution is 0.471. The van der Waals surface area contributed by atoms with E-state index in [-0.39, 0.29) is 16.4 Å². The van der Waals surface area contributed by atoms with Gasteiger partial charge >= 0.3 is 0 Å². The van der Waals surface area contributed by atoms with Crippen molar-refractivity contribution < 1.29 is 23.2 Å². The smallest absolute Gasteiger partial charge is 0.294 e. The van der Waals surface area contributed by atoms with Crippen LogP contribution in [0.15, 0.2) is 59.5 Å². The molecule has 7 heteroatoms. The van der Waals surface area contributed by atoms with Crippen molar-refractivity contribution in [1.29, 1.82) is 0 Å². The molecular weight excluding hydrogens is 318 g/mol. The van der Waals surface area contributed by atoms with Crippen LogP contribution in [0.2, 0.25) is 0 Å². The van der Waals surface area contributed by atoms with E-state index in [1.54, 1.807) is 42.5 Å². The van der Waals surface area contributed by atoms with E-state index in [0.29, 0.717) is 22.1 Å². The number of phenols is 2. The van der Waals surface area contributed by atoms with E-state index in [9.17, 15) is 18.6 Å². The second-order valence-electron chi connectivity index (χ2n) is 5.00. The van der Waals surface area contributed by atoms with Crippen LogP contribution in [-0.4, -0.2) is 23.2 Å². The molecular formula is C16H13NO5S. The first-order chi connectivity index (χ1) is 10.8. The zero-order valence-corrected chi connectivity index (χ0v) is 12.6. The van der Waals surface area contributed by atoms with Gasteiger partial charge in [-0.2, -0.15) is 8.42 Å². The van der Waals surface area contributed by atoms with Gasteiger partial charge in [-0.25, -0.2) is 0 Å². The Hall–Kier alpha value is -2.77. The third-order valence-corrected chi connectivity index (χ3v) is 4.22. The Morgan fingerprint density at radius 3 is 2.30 bits per heavy atom. The molecule has 0 aliphatic carbocycles. The minimum Gasteiger partial charge on any atom is -0.507 e. The maximum absolute atomic E-state index is 11.2. The van der Waals surface area contributed by atoms with Crippen molar-refractivity contribution in [1.82, 2.24) is 0 Å². The van der Waals surface area contributed by atoms with Gasteiger partial charge in [0.05, 0.1) is 10.6 Å². The summed E-state index contributed by atoms with van der Waals surface area (Å²) in [7, 11) is -4.39. The fraction of sp³-hybridized carbons (Fsp3) is 0. The molecule has 118 valence electrons. The average Bonchev–Trinajstić information content (AvgIpc) is 2.49. The van der Waals surface area contributed by atoms with Crippen molar-refractivity contribution in [3.63, 3.8) is 0 Å². The highest BCUT2D eigenvalue weighted by Crippen LogP contribution is 2.33. The molecule has 4 N–H and O–H groups in total. The number of phenolic OH excluding ortho intramolecular Hbond substituents is 2. The van der Waals surface area contributed by atoms with Gasteiger partial charge in [0.2, 0.25) is 0 Å². The SMILES string of the molecule is O=S(=O)(O)c1cc(O)c2cc(Nc3ccccc3O)ccc2c1. The number of hydrogen-bond acceptors (Lipinski definition) is 5. The molecule has 0 fully saturated rings. The highest BCUT2D eigenvalue weighted by atomic mass is 32.2. The summed E-state index contributed by atoms with van der Waals surface area (Å²) in [6.45, 7) is 0. The maximum atomic E-state index is 11.2. The zero-order chi connectivity index (χ0) is 16.6. The number of rotatable bonds is 3. The minimum absolute atomic E-state index is 0.0820. The lowest BCUT2D eigenvalue weighted by Gasteiger charge is -2.10. The molecule has 0 aliphatic rings. The van der Waals surface area contributed by atoms with Crippen molar-refractivity contribution in [2.24, 2.45) is 0 Å². The van der Waals surface area contributed by atoms with Gasteiger partial charge < -0.3 is 15.5 Å². The molecule has 0 amide bonds. The minimum atomic E-state index is -4.39. The molecule has 0 aromatic heterocycles. The monoisotopic (exact) mass is 331 g/mol. The molecule has 0 unspecified atom stereocenters. The molecule has 0 saturated carbocycles. The third-order valence-electron chi connectivity index (χ3n) is 3.39. The van der Waals surface area contributed by atoms with E-state index in [2.05, 4.69) is 5.32 Å². The average molecular weight is 331 g/mol. The van der Waals surface area contributed by atoms with E-state index in [4.69, 9.17) is 4.55 Å². The van der Waals surface area contributed by atoms with E-state index >= 15 is 0 Å². The Morgan fingerprint density at radius 2 is 1.61 bits per heavy atom. The Bertz CT molecular complexity index is 999. The Balaban J connectivity index is 2.06. The van der Waals surface area contributed by atoms with Gasteiger partial charge in [-0.05, 0) is 35.7 Å². The second-order valence-corrected chi connectivity index (χ2v) is 6.42. The molecule has 0 saturated heterocycles. The van der Waals surface area contributed by atoms with E-state index in [0.717, 1.165) is 6.07 Å². The van der Waals surface area contributed by atoms with Gasteiger partial charge in [0.1, 0.15) is 11.5 Å². The molecule has 0 bridgehead atoms. The van der Waals surface area contributed by atoms with Crippen LogP contribution in [0, 0.1) is 0 Å². The highest BCUT2D eigenvalue weighted by molar-refractivity contribution is 7.85. The number of hydrogen-bond donors (Lipinski definition) is 4. The molecule has 0 atom stereocenters. The number of benzene rings is 3. The maximum Gasteiger partial charge on any atom is 0.294 e. The van der Waals surface area contributed by atoms with E-state index in [1.165, 1.54) is 6.07 Å². The molecule has 0 aliphatic heterocycles. The Kier molecular flexibility index (Phi) is 3.59. The number of anilines is 2. The molecule has 6 nitrogen and oxygen atoms in total. The fourth-order valence-corrected chi connectivity index (χ4v) is 2.81. The summed E-state index contributed by atoms with van der Waals surface area (Å²) in [4.78, 5) is -0.371. The van der Waals surface area contributed by atoms with Crippen LogP contribution < -0.4 is 5.32 Å². The van der Waals surface area contributed by atoms with E-state index < -0.39 is 10.1 Å². The molecule has 23 heavy (non-hydrogen) atoms. The van der Waals surface area contributed by atoms with E-state index in [1.807, 2.05) is 0 Å². The van der Waals surface area contributed by atoms with Crippen LogP contribution in [0.5, 0.6) is 11.5 Å². The normalized spacial score (nSPS) is 11.5. The molecule has 0 spiro atoms. The molecule has 3 aromatic carbocycles. The summed E-state index contributed by atoms with van der Waals surface area (Å²) in [5.74, 6) is -0.186. The number of para-hydroxylation sites is 2. The highest BCUT2D eigenvalue weighted by Gasteiger charge is 2.13. The third kappa shape index (κ3) is 3.05. The van der Waals surface area contributed by atoms with Crippen LogP contribution in [0.25, 0.3) is 10.8 Å². The first kappa shape index (κ1) is 15.1. The second kappa shape index (κ2) is 5.45. The zero-order valence-electron chi connectivity index (χ0n) is 11.8. The topological polar surface area (TPSA) is 107 Å². The van der Waals surface area contributed by atoms with Crippen LogP contribution in [-0.2, 0) is 10.1 Å². The Labute approximate surface area is 132 Å². The lowest BCUT2D eigenvalue weighted by Crippen LogP contribution is -1.98. The summed E-state index contributed by atoms with van der Waals surface area (Å²) in [6.07, 6.45) is 0. The van der Waals surface area contributed by atoms with Crippen molar-refractivity contribution in [2.75, 3.05) is 5.32 Å². The van der Waals surface area contributed by atoms with Gasteiger partial charge in [0.25, 0.3) is 10.1 Å². The number of fused-ring (bicyclic) bond motifs is 1.